The van der Waals surface area contributed by atoms with Crippen LogP contribution in [0.25, 0.3) is 11.5 Å². The van der Waals surface area contributed by atoms with Gasteiger partial charge in [0.2, 0.25) is 5.89 Å². The van der Waals surface area contributed by atoms with Crippen molar-refractivity contribution >= 4 is 5.96 Å². The van der Waals surface area contributed by atoms with Gasteiger partial charge in [-0.2, -0.15) is 0 Å². The Balaban J connectivity index is 1.60. The minimum Gasteiger partial charge on any atom is -0.444 e. The Kier molecular flexibility index (Phi) is 5.64. The summed E-state index contributed by atoms with van der Waals surface area (Å²) in [5, 5.41) is 3.42. The molecule has 1 aromatic heterocycles. The molecule has 0 amide bonds. The Hall–Kier alpha value is -2.30. The number of hydrogen-bond donors (Lipinski definition) is 1. The van der Waals surface area contributed by atoms with Crippen molar-refractivity contribution in [3.05, 3.63) is 41.8 Å². The molecule has 1 saturated heterocycles. The standard InChI is InChI=1S/C21H30N4O/c1-5-22-20(25-13-11-21(3,4)15-25)23-12-10-18-14-26-19(24-18)17-8-6-16(2)7-9-17/h6-9,14H,5,10-13,15H2,1-4H3,(H,22,23). The van der Waals surface area contributed by atoms with Gasteiger partial charge in [0.15, 0.2) is 5.96 Å². The molecular formula is C21H30N4O. The molecule has 0 spiro atoms. The predicted octanol–water partition coefficient (Wildman–Crippen LogP) is 3.89. The van der Waals surface area contributed by atoms with E-state index in [1.807, 2.05) is 12.1 Å². The number of oxazole rings is 1. The average molecular weight is 354 g/mol. The van der Waals surface area contributed by atoms with E-state index in [2.05, 4.69) is 55.0 Å². The molecule has 2 aromatic rings. The molecule has 0 aliphatic carbocycles. The van der Waals surface area contributed by atoms with E-state index >= 15 is 0 Å². The Morgan fingerprint density at radius 3 is 2.73 bits per heavy atom. The quantitative estimate of drug-likeness (QED) is 0.654. The van der Waals surface area contributed by atoms with Crippen LogP contribution in [0.1, 0.15) is 38.4 Å². The first kappa shape index (κ1) is 18.5. The average Bonchev–Trinajstić information content (AvgIpc) is 3.21. The zero-order valence-corrected chi connectivity index (χ0v) is 16.4. The van der Waals surface area contributed by atoms with Crippen LogP contribution in [0.2, 0.25) is 0 Å². The highest BCUT2D eigenvalue weighted by Gasteiger charge is 2.30. The fraction of sp³-hybridized carbons (Fsp3) is 0.524. The van der Waals surface area contributed by atoms with Crippen LogP contribution in [0.4, 0.5) is 0 Å². The van der Waals surface area contributed by atoms with Crippen molar-refractivity contribution in [3.63, 3.8) is 0 Å². The third kappa shape index (κ3) is 4.65. The molecule has 1 aromatic carbocycles. The molecule has 0 radical (unpaired) electrons. The second-order valence-corrected chi connectivity index (χ2v) is 7.83. The highest BCUT2D eigenvalue weighted by Crippen LogP contribution is 2.28. The van der Waals surface area contributed by atoms with Crippen LogP contribution in [0.15, 0.2) is 39.9 Å². The first-order valence-corrected chi connectivity index (χ1v) is 9.51. The van der Waals surface area contributed by atoms with E-state index < -0.39 is 0 Å². The fourth-order valence-corrected chi connectivity index (χ4v) is 3.25. The number of nitrogens with zero attached hydrogens (tertiary/aromatic N) is 3. The van der Waals surface area contributed by atoms with E-state index in [1.54, 1.807) is 6.26 Å². The lowest BCUT2D eigenvalue weighted by Crippen LogP contribution is -2.40. The minimum atomic E-state index is 0.366. The van der Waals surface area contributed by atoms with Gasteiger partial charge in [-0.15, -0.1) is 0 Å². The number of likely N-dealkylation sites (tertiary alicyclic amines) is 1. The van der Waals surface area contributed by atoms with Gasteiger partial charge in [0.1, 0.15) is 6.26 Å². The van der Waals surface area contributed by atoms with Gasteiger partial charge >= 0.3 is 0 Å². The molecule has 0 bridgehead atoms. The molecule has 26 heavy (non-hydrogen) atoms. The third-order valence-electron chi connectivity index (χ3n) is 4.79. The second kappa shape index (κ2) is 7.94. The number of guanidine groups is 1. The molecule has 1 aliphatic rings. The topological polar surface area (TPSA) is 53.7 Å². The van der Waals surface area contributed by atoms with Gasteiger partial charge in [0.05, 0.1) is 5.69 Å². The Bertz CT molecular complexity index is 746. The minimum absolute atomic E-state index is 0.366. The van der Waals surface area contributed by atoms with Crippen LogP contribution in [-0.4, -0.2) is 42.0 Å². The van der Waals surface area contributed by atoms with E-state index in [4.69, 9.17) is 9.41 Å². The van der Waals surface area contributed by atoms with Gasteiger partial charge in [0, 0.05) is 38.2 Å². The number of aromatic nitrogens is 1. The summed E-state index contributed by atoms with van der Waals surface area (Å²) in [5.41, 5.74) is 3.56. The number of benzene rings is 1. The number of hydrogen-bond acceptors (Lipinski definition) is 3. The van der Waals surface area contributed by atoms with E-state index in [0.29, 0.717) is 17.9 Å². The molecule has 0 atom stereocenters. The maximum Gasteiger partial charge on any atom is 0.226 e. The molecule has 140 valence electrons. The van der Waals surface area contributed by atoms with Crippen molar-refractivity contribution in [3.8, 4) is 11.5 Å². The monoisotopic (exact) mass is 354 g/mol. The molecule has 3 rings (SSSR count). The van der Waals surface area contributed by atoms with Crippen LogP contribution >= 0.6 is 0 Å². The first-order valence-electron chi connectivity index (χ1n) is 9.51. The smallest absolute Gasteiger partial charge is 0.226 e. The normalized spacial score (nSPS) is 16.9. The maximum absolute atomic E-state index is 5.64. The van der Waals surface area contributed by atoms with Gasteiger partial charge in [-0.25, -0.2) is 4.98 Å². The van der Waals surface area contributed by atoms with Crippen molar-refractivity contribution in [2.45, 2.75) is 40.5 Å². The summed E-state index contributed by atoms with van der Waals surface area (Å²) >= 11 is 0. The third-order valence-corrected chi connectivity index (χ3v) is 4.79. The summed E-state index contributed by atoms with van der Waals surface area (Å²) in [6.07, 6.45) is 3.73. The SMILES string of the molecule is CCNC(=NCCc1coc(-c2ccc(C)cc2)n1)N1CCC(C)(C)C1. The molecule has 1 N–H and O–H groups in total. The van der Waals surface area contributed by atoms with Gasteiger partial charge in [-0.05, 0) is 37.8 Å². The highest BCUT2D eigenvalue weighted by atomic mass is 16.3. The van der Waals surface area contributed by atoms with Gasteiger partial charge < -0.3 is 14.6 Å². The number of rotatable bonds is 5. The van der Waals surface area contributed by atoms with Crippen LogP contribution in [0.5, 0.6) is 0 Å². The lowest BCUT2D eigenvalue weighted by Gasteiger charge is -2.23. The summed E-state index contributed by atoms with van der Waals surface area (Å²) < 4.78 is 5.64. The van der Waals surface area contributed by atoms with Gasteiger partial charge in [-0.3, -0.25) is 4.99 Å². The number of nitrogens with one attached hydrogen (secondary N) is 1. The van der Waals surface area contributed by atoms with E-state index in [0.717, 1.165) is 43.3 Å². The van der Waals surface area contributed by atoms with E-state index in [1.165, 1.54) is 12.0 Å². The molecule has 0 unspecified atom stereocenters. The van der Waals surface area contributed by atoms with Gasteiger partial charge in [0.25, 0.3) is 0 Å². The zero-order valence-electron chi connectivity index (χ0n) is 16.4. The lowest BCUT2D eigenvalue weighted by molar-refractivity contribution is 0.370. The summed E-state index contributed by atoms with van der Waals surface area (Å²) in [5.74, 6) is 1.69. The van der Waals surface area contributed by atoms with Crippen LogP contribution in [-0.2, 0) is 6.42 Å². The summed E-state index contributed by atoms with van der Waals surface area (Å²) in [6.45, 7) is 12.5. The van der Waals surface area contributed by atoms with Gasteiger partial charge in [-0.1, -0.05) is 31.5 Å². The van der Waals surface area contributed by atoms with Crippen LogP contribution in [0.3, 0.4) is 0 Å². The zero-order chi connectivity index (χ0) is 18.6. The van der Waals surface area contributed by atoms with Crippen molar-refractivity contribution in [2.24, 2.45) is 10.4 Å². The van der Waals surface area contributed by atoms with E-state index in [9.17, 15) is 0 Å². The molecule has 5 heteroatoms. The molecular weight excluding hydrogens is 324 g/mol. The fourth-order valence-electron chi connectivity index (χ4n) is 3.25. The highest BCUT2D eigenvalue weighted by molar-refractivity contribution is 5.80. The van der Waals surface area contributed by atoms with E-state index in [-0.39, 0.29) is 0 Å². The summed E-state index contributed by atoms with van der Waals surface area (Å²) in [6, 6.07) is 8.23. The summed E-state index contributed by atoms with van der Waals surface area (Å²) in [4.78, 5) is 11.8. The van der Waals surface area contributed by atoms with Crippen molar-refractivity contribution in [2.75, 3.05) is 26.2 Å². The Morgan fingerprint density at radius 1 is 1.31 bits per heavy atom. The lowest BCUT2D eigenvalue weighted by atomic mass is 9.93. The summed E-state index contributed by atoms with van der Waals surface area (Å²) in [7, 11) is 0. The first-order chi connectivity index (χ1) is 12.5. The Morgan fingerprint density at radius 2 is 2.08 bits per heavy atom. The molecule has 2 heterocycles. The molecule has 5 nitrogen and oxygen atoms in total. The molecule has 1 aliphatic heterocycles. The number of aryl methyl sites for hydroxylation is 1. The largest absolute Gasteiger partial charge is 0.444 e. The van der Waals surface area contributed by atoms with Crippen molar-refractivity contribution in [1.29, 1.82) is 0 Å². The van der Waals surface area contributed by atoms with Crippen molar-refractivity contribution in [1.82, 2.24) is 15.2 Å². The predicted molar refractivity (Wildman–Crippen MR) is 106 cm³/mol. The molecule has 0 saturated carbocycles. The van der Waals surface area contributed by atoms with Crippen molar-refractivity contribution < 1.29 is 4.42 Å². The van der Waals surface area contributed by atoms with Crippen LogP contribution in [0, 0.1) is 12.3 Å². The molecule has 1 fully saturated rings. The maximum atomic E-state index is 5.64. The Labute approximate surface area is 156 Å². The number of aliphatic imine (C=N–C) groups is 1. The van der Waals surface area contributed by atoms with Crippen LogP contribution < -0.4 is 5.32 Å². The second-order valence-electron chi connectivity index (χ2n) is 7.83.